The van der Waals surface area contributed by atoms with Crippen LogP contribution in [0.15, 0.2) is 84.6 Å². The van der Waals surface area contributed by atoms with Crippen molar-refractivity contribution in [2.75, 3.05) is 0 Å². The summed E-state index contributed by atoms with van der Waals surface area (Å²) in [5.74, 6) is 0.535. The summed E-state index contributed by atoms with van der Waals surface area (Å²) in [7, 11) is 0. The lowest BCUT2D eigenvalue weighted by molar-refractivity contribution is -0.137. The van der Waals surface area contributed by atoms with Crippen molar-refractivity contribution >= 4 is 11.5 Å². The molecular weight excluding hydrogens is 441 g/mol. The van der Waals surface area contributed by atoms with Crippen molar-refractivity contribution in [3.8, 4) is 17.6 Å². The fourth-order valence-corrected chi connectivity index (χ4v) is 3.25. The number of allylic oxidation sites excluding steroid dienone is 2. The summed E-state index contributed by atoms with van der Waals surface area (Å²) in [6.45, 7) is 5.30. The van der Waals surface area contributed by atoms with E-state index >= 15 is 0 Å². The molecule has 0 fully saturated rings. The lowest BCUT2D eigenvalue weighted by Gasteiger charge is -2.26. The molecule has 0 radical (unpaired) electrons. The lowest BCUT2D eigenvalue weighted by atomic mass is 9.86. The van der Waals surface area contributed by atoms with E-state index in [4.69, 9.17) is 4.74 Å². The topological polar surface area (TPSA) is 62.1 Å². The number of amides is 1. The zero-order chi connectivity index (χ0) is 24.9. The van der Waals surface area contributed by atoms with E-state index in [0.29, 0.717) is 11.5 Å². The van der Waals surface area contributed by atoms with Crippen molar-refractivity contribution in [3.63, 3.8) is 0 Å². The highest BCUT2D eigenvalue weighted by molar-refractivity contribution is 5.97. The van der Waals surface area contributed by atoms with E-state index in [1.165, 1.54) is 12.1 Å². The highest BCUT2D eigenvalue weighted by atomic mass is 19.4. The number of hydrogen-bond donors (Lipinski definition) is 1. The number of nitriles is 1. The monoisotopic (exact) mass is 464 g/mol. The first-order valence-corrected chi connectivity index (χ1v) is 10.5. The highest BCUT2D eigenvalue weighted by Gasteiger charge is 2.31. The molecule has 1 amide bonds. The van der Waals surface area contributed by atoms with Gasteiger partial charge in [0.2, 0.25) is 0 Å². The van der Waals surface area contributed by atoms with Gasteiger partial charge in [0.1, 0.15) is 17.6 Å². The molecule has 0 atom stereocenters. The average molecular weight is 464 g/mol. The van der Waals surface area contributed by atoms with Gasteiger partial charge in [0.15, 0.2) is 0 Å². The SMILES string of the molecule is CC(C)(C)C(NC(=O)c1cccc(Oc2ccccc2)c1)=C(C#N)c1cccc(C(F)(F)F)c1. The Morgan fingerprint density at radius 2 is 1.47 bits per heavy atom. The summed E-state index contributed by atoms with van der Waals surface area (Å²) < 4.78 is 45.4. The second-order valence-electron chi connectivity index (χ2n) is 8.59. The number of hydrogen-bond acceptors (Lipinski definition) is 3. The van der Waals surface area contributed by atoms with Crippen LogP contribution in [0.5, 0.6) is 11.5 Å². The molecule has 0 heterocycles. The maximum atomic E-state index is 13.2. The molecule has 0 aromatic heterocycles. The van der Waals surface area contributed by atoms with Crippen LogP contribution in [0.1, 0.15) is 42.3 Å². The summed E-state index contributed by atoms with van der Waals surface area (Å²) in [6, 6.07) is 22.0. The summed E-state index contributed by atoms with van der Waals surface area (Å²) >= 11 is 0. The lowest BCUT2D eigenvalue weighted by Crippen LogP contribution is -2.31. The van der Waals surface area contributed by atoms with Crippen LogP contribution in [0.25, 0.3) is 5.57 Å². The van der Waals surface area contributed by atoms with Crippen molar-refractivity contribution in [3.05, 3.63) is 101 Å². The molecule has 0 unspecified atom stereocenters. The van der Waals surface area contributed by atoms with Gasteiger partial charge in [0, 0.05) is 16.7 Å². The first kappa shape index (κ1) is 24.6. The van der Waals surface area contributed by atoms with Crippen molar-refractivity contribution in [1.29, 1.82) is 5.26 Å². The van der Waals surface area contributed by atoms with Crippen LogP contribution in [0.2, 0.25) is 0 Å². The minimum absolute atomic E-state index is 0.0383. The average Bonchev–Trinajstić information content (AvgIpc) is 2.79. The van der Waals surface area contributed by atoms with Crippen LogP contribution < -0.4 is 10.1 Å². The van der Waals surface area contributed by atoms with Crippen molar-refractivity contribution in [1.82, 2.24) is 5.32 Å². The van der Waals surface area contributed by atoms with E-state index < -0.39 is 23.1 Å². The Balaban J connectivity index is 1.97. The van der Waals surface area contributed by atoms with E-state index in [1.807, 2.05) is 24.3 Å². The van der Waals surface area contributed by atoms with Crippen molar-refractivity contribution in [2.24, 2.45) is 5.41 Å². The molecule has 0 aliphatic heterocycles. The van der Waals surface area contributed by atoms with Crippen LogP contribution in [-0.4, -0.2) is 5.91 Å². The largest absolute Gasteiger partial charge is 0.457 e. The maximum Gasteiger partial charge on any atom is 0.416 e. The van der Waals surface area contributed by atoms with E-state index in [9.17, 15) is 23.2 Å². The molecule has 3 aromatic rings. The molecule has 0 saturated heterocycles. The number of alkyl halides is 3. The molecule has 0 saturated carbocycles. The van der Waals surface area contributed by atoms with Gasteiger partial charge in [-0.05, 0) is 48.0 Å². The Kier molecular flexibility index (Phi) is 7.11. The molecule has 0 aliphatic carbocycles. The maximum absolute atomic E-state index is 13.2. The van der Waals surface area contributed by atoms with Crippen molar-refractivity contribution < 1.29 is 22.7 Å². The molecule has 174 valence electrons. The van der Waals surface area contributed by atoms with Crippen molar-refractivity contribution in [2.45, 2.75) is 26.9 Å². The number of ether oxygens (including phenoxy) is 1. The second-order valence-corrected chi connectivity index (χ2v) is 8.59. The van der Waals surface area contributed by atoms with Gasteiger partial charge in [-0.1, -0.05) is 57.2 Å². The van der Waals surface area contributed by atoms with Crippen LogP contribution >= 0.6 is 0 Å². The minimum Gasteiger partial charge on any atom is -0.457 e. The number of carbonyl (C=O) groups is 1. The normalized spacial score (nSPS) is 12.4. The van der Waals surface area contributed by atoms with Gasteiger partial charge >= 0.3 is 6.18 Å². The number of halogens is 3. The third-order valence-electron chi connectivity index (χ3n) is 4.90. The zero-order valence-electron chi connectivity index (χ0n) is 18.9. The number of nitrogens with one attached hydrogen (secondary N) is 1. The quantitative estimate of drug-likeness (QED) is 0.406. The Morgan fingerprint density at radius 1 is 0.853 bits per heavy atom. The molecule has 0 bridgehead atoms. The van der Waals surface area contributed by atoms with E-state index in [1.54, 1.807) is 57.2 Å². The summed E-state index contributed by atoms with van der Waals surface area (Å²) in [5, 5.41) is 12.6. The second kappa shape index (κ2) is 9.84. The number of carbonyl (C=O) groups excluding carboxylic acids is 1. The Labute approximate surface area is 196 Å². The number of benzene rings is 3. The van der Waals surface area contributed by atoms with Crippen LogP contribution in [-0.2, 0) is 6.18 Å². The van der Waals surface area contributed by atoms with E-state index in [2.05, 4.69) is 5.32 Å². The van der Waals surface area contributed by atoms with E-state index in [-0.39, 0.29) is 22.4 Å². The first-order valence-electron chi connectivity index (χ1n) is 10.5. The predicted octanol–water partition coefficient (Wildman–Crippen LogP) is 7.21. The third kappa shape index (κ3) is 6.04. The Bertz CT molecular complexity index is 1250. The molecule has 34 heavy (non-hydrogen) atoms. The molecule has 3 rings (SSSR count). The van der Waals surface area contributed by atoms with Gasteiger partial charge in [0.25, 0.3) is 5.91 Å². The minimum atomic E-state index is -4.55. The molecule has 7 heteroatoms. The zero-order valence-corrected chi connectivity index (χ0v) is 18.9. The van der Waals surface area contributed by atoms with Crippen LogP contribution in [0.3, 0.4) is 0 Å². The van der Waals surface area contributed by atoms with Gasteiger partial charge in [-0.15, -0.1) is 0 Å². The predicted molar refractivity (Wildman–Crippen MR) is 124 cm³/mol. The van der Waals surface area contributed by atoms with Gasteiger partial charge in [-0.2, -0.15) is 18.4 Å². The smallest absolute Gasteiger partial charge is 0.416 e. The number of nitrogens with zero attached hydrogens (tertiary/aromatic N) is 1. The Hall–Kier alpha value is -4.05. The van der Waals surface area contributed by atoms with Gasteiger partial charge < -0.3 is 10.1 Å². The van der Waals surface area contributed by atoms with Crippen LogP contribution in [0.4, 0.5) is 13.2 Å². The van der Waals surface area contributed by atoms with Gasteiger partial charge in [-0.3, -0.25) is 4.79 Å². The standard InChI is InChI=1S/C27H23F3N2O2/c1-26(2,3)24(23(17-31)18-9-7-11-20(15-18)27(28,29)30)32-25(33)19-10-8-14-22(16-19)34-21-12-5-4-6-13-21/h4-16H,1-3H3,(H,32,33). The molecule has 3 aromatic carbocycles. The van der Waals surface area contributed by atoms with Gasteiger partial charge in [0.05, 0.1) is 11.1 Å². The third-order valence-corrected chi connectivity index (χ3v) is 4.90. The number of rotatable bonds is 5. The first-order chi connectivity index (χ1) is 16.0. The number of para-hydroxylation sites is 1. The Morgan fingerprint density at radius 3 is 2.09 bits per heavy atom. The molecule has 0 spiro atoms. The summed E-state index contributed by atoms with van der Waals surface area (Å²) in [6.07, 6.45) is -4.55. The summed E-state index contributed by atoms with van der Waals surface area (Å²) in [5.41, 5.74) is -1.09. The van der Waals surface area contributed by atoms with Crippen LogP contribution in [0, 0.1) is 16.7 Å². The van der Waals surface area contributed by atoms with Gasteiger partial charge in [-0.25, -0.2) is 0 Å². The molecular formula is C27H23F3N2O2. The molecule has 4 nitrogen and oxygen atoms in total. The molecule has 0 aliphatic rings. The van der Waals surface area contributed by atoms with E-state index in [0.717, 1.165) is 12.1 Å². The summed E-state index contributed by atoms with van der Waals surface area (Å²) in [4.78, 5) is 13.1. The molecule has 1 N–H and O–H groups in total. The highest BCUT2D eigenvalue weighted by Crippen LogP contribution is 2.34. The fraction of sp³-hybridized carbons (Fsp3) is 0.185. The fourth-order valence-electron chi connectivity index (χ4n) is 3.25.